The lowest BCUT2D eigenvalue weighted by Gasteiger charge is -2.09. The first-order chi connectivity index (χ1) is 25.2. The number of hydrogen-bond donors (Lipinski definition) is 0. The summed E-state index contributed by atoms with van der Waals surface area (Å²) in [4.78, 5) is 20.1. The van der Waals surface area contributed by atoms with Gasteiger partial charge in [0, 0.05) is 49.2 Å². The third-order valence-electron chi connectivity index (χ3n) is 9.56. The van der Waals surface area contributed by atoms with Crippen molar-refractivity contribution in [3.63, 3.8) is 0 Å². The maximum absolute atomic E-state index is 6.50. The Morgan fingerprint density at radius 1 is 0.373 bits per heavy atom. The second kappa shape index (κ2) is 10.7. The van der Waals surface area contributed by atoms with Gasteiger partial charge in [0.05, 0.1) is 0 Å². The fourth-order valence-corrected chi connectivity index (χ4v) is 7.21. The number of furan rings is 2. The smallest absolute Gasteiger partial charge is 0.227 e. The number of oxazole rings is 1. The Labute approximate surface area is 289 Å². The van der Waals surface area contributed by atoms with Gasteiger partial charge in [-0.3, -0.25) is 0 Å². The van der Waals surface area contributed by atoms with Gasteiger partial charge in [-0.25, -0.2) is 19.9 Å². The topological polar surface area (TPSA) is 91.0 Å². The molecule has 238 valence electrons. The van der Waals surface area contributed by atoms with E-state index in [4.69, 9.17) is 33.2 Å². The highest BCUT2D eigenvalue weighted by molar-refractivity contribution is 6.25. The van der Waals surface area contributed by atoms with Crippen LogP contribution in [0.2, 0.25) is 0 Å². The van der Waals surface area contributed by atoms with Crippen LogP contribution in [0.1, 0.15) is 0 Å². The molecule has 51 heavy (non-hydrogen) atoms. The second-order valence-corrected chi connectivity index (χ2v) is 12.6. The van der Waals surface area contributed by atoms with E-state index in [1.165, 1.54) is 0 Å². The van der Waals surface area contributed by atoms with Crippen molar-refractivity contribution in [2.45, 2.75) is 0 Å². The minimum absolute atomic E-state index is 0.552. The Kier molecular flexibility index (Phi) is 5.83. The quantitative estimate of drug-likeness (QED) is 0.186. The average molecular weight is 657 g/mol. The zero-order chi connectivity index (χ0) is 33.5. The molecule has 0 saturated heterocycles. The minimum Gasteiger partial charge on any atom is -0.456 e. The van der Waals surface area contributed by atoms with Gasteiger partial charge in [-0.2, -0.15) is 0 Å². The Morgan fingerprint density at radius 2 is 1.02 bits per heavy atom. The largest absolute Gasteiger partial charge is 0.456 e. The summed E-state index contributed by atoms with van der Waals surface area (Å²) in [5, 5.41) is 5.86. The predicted octanol–water partition coefficient (Wildman–Crippen LogP) is 11.6. The standard InChI is InChI=1S/C44H24N4O3/c1-3-10-26(11-4-1)41-46-42(48-43(47-41)30-15-9-17-35-38(30)29-14-7-8-16-33(29)49-35)28-20-22-34-31(24-28)39-36(50-34)23-19-25-18-21-32-40(37(25)39)51-44(45-32)27-12-5-2-6-13-27/h1-24H. The summed E-state index contributed by atoms with van der Waals surface area (Å²) in [6.07, 6.45) is 0. The highest BCUT2D eigenvalue weighted by atomic mass is 16.4. The van der Waals surface area contributed by atoms with Gasteiger partial charge in [0.25, 0.3) is 0 Å². The number of nitrogens with zero attached hydrogens (tertiary/aromatic N) is 4. The van der Waals surface area contributed by atoms with E-state index in [1.54, 1.807) is 0 Å². The molecule has 0 aliphatic carbocycles. The summed E-state index contributed by atoms with van der Waals surface area (Å²) >= 11 is 0. The Balaban J connectivity index is 1.16. The van der Waals surface area contributed by atoms with Crippen LogP contribution >= 0.6 is 0 Å². The van der Waals surface area contributed by atoms with Crippen LogP contribution in [0, 0.1) is 0 Å². The molecule has 11 aromatic rings. The number of aromatic nitrogens is 4. The number of para-hydroxylation sites is 1. The van der Waals surface area contributed by atoms with Crippen LogP contribution < -0.4 is 0 Å². The molecule has 7 nitrogen and oxygen atoms in total. The van der Waals surface area contributed by atoms with Crippen molar-refractivity contribution in [3.8, 4) is 45.6 Å². The maximum Gasteiger partial charge on any atom is 0.227 e. The fraction of sp³-hybridized carbons (Fsp3) is 0. The molecular weight excluding hydrogens is 633 g/mol. The highest BCUT2D eigenvalue weighted by Crippen LogP contribution is 2.41. The molecule has 7 heteroatoms. The molecule has 0 atom stereocenters. The van der Waals surface area contributed by atoms with Crippen molar-refractivity contribution < 1.29 is 13.3 Å². The van der Waals surface area contributed by atoms with Crippen LogP contribution in [-0.4, -0.2) is 19.9 Å². The zero-order valence-electron chi connectivity index (χ0n) is 26.9. The first kappa shape index (κ1) is 27.8. The molecule has 11 rings (SSSR count). The molecule has 0 unspecified atom stereocenters. The van der Waals surface area contributed by atoms with E-state index < -0.39 is 0 Å². The van der Waals surface area contributed by atoms with E-state index in [1.807, 2.05) is 121 Å². The number of fused-ring (bicyclic) bond motifs is 10. The zero-order valence-corrected chi connectivity index (χ0v) is 26.9. The molecule has 0 bridgehead atoms. The number of benzene rings is 7. The lowest BCUT2D eigenvalue weighted by Crippen LogP contribution is -2.00. The van der Waals surface area contributed by atoms with Crippen LogP contribution in [0.4, 0.5) is 0 Å². The number of hydrogen-bond acceptors (Lipinski definition) is 7. The highest BCUT2D eigenvalue weighted by Gasteiger charge is 2.21. The van der Waals surface area contributed by atoms with Crippen LogP contribution in [0.5, 0.6) is 0 Å². The van der Waals surface area contributed by atoms with Gasteiger partial charge in [-0.15, -0.1) is 0 Å². The molecular formula is C44H24N4O3. The maximum atomic E-state index is 6.50. The van der Waals surface area contributed by atoms with E-state index in [0.29, 0.717) is 23.4 Å². The van der Waals surface area contributed by atoms with Crippen molar-refractivity contribution in [2.75, 3.05) is 0 Å². The summed E-state index contributed by atoms with van der Waals surface area (Å²) in [6, 6.07) is 48.3. The van der Waals surface area contributed by atoms with Crippen molar-refractivity contribution in [1.82, 2.24) is 19.9 Å². The minimum atomic E-state index is 0.552. The van der Waals surface area contributed by atoms with Crippen molar-refractivity contribution >= 4 is 65.7 Å². The van der Waals surface area contributed by atoms with E-state index in [0.717, 1.165) is 88.0 Å². The van der Waals surface area contributed by atoms with Gasteiger partial charge >= 0.3 is 0 Å². The van der Waals surface area contributed by atoms with Gasteiger partial charge in [0.15, 0.2) is 23.1 Å². The van der Waals surface area contributed by atoms with E-state index in [2.05, 4.69) is 24.3 Å². The Hall–Kier alpha value is -7.12. The molecule has 0 spiro atoms. The average Bonchev–Trinajstić information content (AvgIpc) is 3.91. The summed E-state index contributed by atoms with van der Waals surface area (Å²) in [7, 11) is 0. The van der Waals surface area contributed by atoms with Gasteiger partial charge < -0.3 is 13.3 Å². The second-order valence-electron chi connectivity index (χ2n) is 12.6. The first-order valence-corrected chi connectivity index (χ1v) is 16.7. The molecule has 4 heterocycles. The molecule has 4 aromatic heterocycles. The number of rotatable bonds is 4. The molecule has 0 fully saturated rings. The molecule has 0 radical (unpaired) electrons. The molecule has 0 aliphatic heterocycles. The monoisotopic (exact) mass is 656 g/mol. The van der Waals surface area contributed by atoms with Gasteiger partial charge in [0.1, 0.15) is 27.8 Å². The summed E-state index contributed by atoms with van der Waals surface area (Å²) in [5.41, 5.74) is 8.16. The normalized spacial score (nSPS) is 11.9. The van der Waals surface area contributed by atoms with Gasteiger partial charge in [0.2, 0.25) is 5.89 Å². The van der Waals surface area contributed by atoms with Crippen molar-refractivity contribution in [3.05, 3.63) is 146 Å². The Bertz CT molecular complexity index is 3140. The molecule has 0 N–H and O–H groups in total. The summed E-state index contributed by atoms with van der Waals surface area (Å²) in [5.74, 6) is 2.28. The lowest BCUT2D eigenvalue weighted by molar-refractivity contribution is 0.623. The van der Waals surface area contributed by atoms with Crippen LogP contribution in [0.15, 0.2) is 159 Å². The van der Waals surface area contributed by atoms with E-state index >= 15 is 0 Å². The van der Waals surface area contributed by atoms with Gasteiger partial charge in [-0.05, 0) is 60.0 Å². The van der Waals surface area contributed by atoms with Crippen molar-refractivity contribution in [1.29, 1.82) is 0 Å². The van der Waals surface area contributed by atoms with Crippen LogP contribution in [0.25, 0.3) is 111 Å². The lowest BCUT2D eigenvalue weighted by atomic mass is 10.0. The Morgan fingerprint density at radius 3 is 1.86 bits per heavy atom. The fourth-order valence-electron chi connectivity index (χ4n) is 7.21. The van der Waals surface area contributed by atoms with Crippen LogP contribution in [0.3, 0.4) is 0 Å². The third kappa shape index (κ3) is 4.31. The predicted molar refractivity (Wildman–Crippen MR) is 201 cm³/mol. The molecule has 0 amide bonds. The van der Waals surface area contributed by atoms with Crippen molar-refractivity contribution in [2.24, 2.45) is 0 Å². The third-order valence-corrected chi connectivity index (χ3v) is 9.56. The summed E-state index contributed by atoms with van der Waals surface area (Å²) in [6.45, 7) is 0. The van der Waals surface area contributed by atoms with E-state index in [9.17, 15) is 0 Å². The molecule has 0 aliphatic rings. The SMILES string of the molecule is c1ccc(-c2nc(-c3ccc4oc5ccc6ccc7nc(-c8ccccc8)oc7c6c5c4c3)nc(-c3cccc4oc5ccccc5c34)n2)cc1. The van der Waals surface area contributed by atoms with E-state index in [-0.39, 0.29) is 0 Å². The molecule has 0 saturated carbocycles. The summed E-state index contributed by atoms with van der Waals surface area (Å²) < 4.78 is 19.2. The molecule has 7 aromatic carbocycles. The first-order valence-electron chi connectivity index (χ1n) is 16.7. The van der Waals surface area contributed by atoms with Gasteiger partial charge in [-0.1, -0.05) is 91.0 Å². The van der Waals surface area contributed by atoms with Crippen LogP contribution in [-0.2, 0) is 0 Å².